The summed E-state index contributed by atoms with van der Waals surface area (Å²) in [7, 11) is 0. The first-order valence-corrected chi connectivity index (χ1v) is 4.68. The molecule has 4 heteroatoms. The molecule has 0 atom stereocenters. The van der Waals surface area contributed by atoms with E-state index in [0.29, 0.717) is 11.1 Å². The summed E-state index contributed by atoms with van der Waals surface area (Å²) >= 11 is 0. The van der Waals surface area contributed by atoms with E-state index < -0.39 is 11.6 Å². The van der Waals surface area contributed by atoms with Crippen LogP contribution in [0.4, 0.5) is 8.78 Å². The Labute approximate surface area is 123 Å². The van der Waals surface area contributed by atoms with E-state index in [1.165, 1.54) is 24.3 Å². The van der Waals surface area contributed by atoms with Gasteiger partial charge in [0, 0.05) is 32.7 Å². The van der Waals surface area contributed by atoms with Gasteiger partial charge in [-0.05, 0) is 23.8 Å². The Morgan fingerprint density at radius 1 is 0.882 bits per heavy atom. The maximum atomic E-state index is 13.1. The molecule has 0 aromatic heterocycles. The van der Waals surface area contributed by atoms with Gasteiger partial charge in [0.2, 0.25) is 0 Å². The second-order valence-electron chi connectivity index (χ2n) is 3.46. The van der Waals surface area contributed by atoms with Crippen LogP contribution in [0.2, 0.25) is 0 Å². The van der Waals surface area contributed by atoms with Crippen molar-refractivity contribution in [1.82, 2.24) is 0 Å². The molecular formula is C13H9F2OY-. The Morgan fingerprint density at radius 2 is 1.41 bits per heavy atom. The molecule has 0 heterocycles. The van der Waals surface area contributed by atoms with Crippen molar-refractivity contribution in [3.05, 3.63) is 60.5 Å². The van der Waals surface area contributed by atoms with Crippen molar-refractivity contribution in [3.8, 4) is 16.9 Å². The van der Waals surface area contributed by atoms with E-state index in [2.05, 4.69) is 6.92 Å². The van der Waals surface area contributed by atoms with Gasteiger partial charge in [-0.25, -0.2) is 8.78 Å². The molecule has 0 amide bonds. The first-order valence-electron chi connectivity index (χ1n) is 4.68. The third-order valence-electron chi connectivity index (χ3n) is 2.32. The topological polar surface area (TPSA) is 20.2 Å². The second kappa shape index (κ2) is 5.61. The van der Waals surface area contributed by atoms with E-state index in [1.807, 2.05) is 0 Å². The van der Waals surface area contributed by atoms with Gasteiger partial charge >= 0.3 is 0 Å². The van der Waals surface area contributed by atoms with Crippen molar-refractivity contribution in [2.45, 2.75) is 0 Å². The molecule has 0 aliphatic carbocycles. The minimum atomic E-state index is -0.489. The van der Waals surface area contributed by atoms with E-state index in [0.717, 1.165) is 12.1 Å². The second-order valence-corrected chi connectivity index (χ2v) is 3.46. The predicted octanol–water partition coefficient (Wildman–Crippen LogP) is 3.52. The number of benzene rings is 2. The van der Waals surface area contributed by atoms with Crippen molar-refractivity contribution in [2.24, 2.45) is 0 Å². The molecule has 0 aliphatic rings. The van der Waals surface area contributed by atoms with E-state index in [9.17, 15) is 13.9 Å². The zero-order valence-corrected chi connectivity index (χ0v) is 11.8. The maximum Gasteiger partial charge on any atom is 0.123 e. The molecule has 17 heavy (non-hydrogen) atoms. The molecule has 2 aromatic rings. The fourth-order valence-corrected chi connectivity index (χ4v) is 1.52. The number of phenols is 1. The fraction of sp³-hybridized carbons (Fsp3) is 0. The molecule has 0 bridgehead atoms. The van der Waals surface area contributed by atoms with Crippen molar-refractivity contribution in [1.29, 1.82) is 0 Å². The molecule has 0 saturated carbocycles. The molecule has 2 rings (SSSR count). The molecule has 0 aliphatic heterocycles. The molecule has 1 nitrogen and oxygen atoms in total. The van der Waals surface area contributed by atoms with Crippen LogP contribution in [0.15, 0.2) is 36.4 Å². The molecule has 0 spiro atoms. The van der Waals surface area contributed by atoms with Crippen LogP contribution in [-0.4, -0.2) is 5.11 Å². The van der Waals surface area contributed by atoms with Gasteiger partial charge in [-0.1, -0.05) is 12.1 Å². The third kappa shape index (κ3) is 3.05. The Bertz CT molecular complexity index is 491. The zero-order valence-electron chi connectivity index (χ0n) is 8.95. The molecule has 85 valence electrons. The summed E-state index contributed by atoms with van der Waals surface area (Å²) in [5.41, 5.74) is 1.16. The molecule has 0 fully saturated rings. The monoisotopic (exact) mass is 308 g/mol. The van der Waals surface area contributed by atoms with Crippen molar-refractivity contribution >= 4 is 0 Å². The van der Waals surface area contributed by atoms with Crippen LogP contribution in [0.1, 0.15) is 5.56 Å². The van der Waals surface area contributed by atoms with Crippen molar-refractivity contribution in [2.75, 3.05) is 0 Å². The van der Waals surface area contributed by atoms with Crippen LogP contribution < -0.4 is 0 Å². The Balaban J connectivity index is 0.00000144. The average molecular weight is 308 g/mol. The zero-order chi connectivity index (χ0) is 11.7. The van der Waals surface area contributed by atoms with Crippen molar-refractivity contribution < 1.29 is 46.6 Å². The fourth-order valence-electron chi connectivity index (χ4n) is 1.52. The molecular weight excluding hydrogens is 299 g/mol. The number of halogens is 2. The molecule has 1 radical (unpaired) electrons. The van der Waals surface area contributed by atoms with Gasteiger partial charge in [0.05, 0.1) is 5.82 Å². The number of hydrogen-bond acceptors (Lipinski definition) is 1. The summed E-state index contributed by atoms with van der Waals surface area (Å²) in [6.45, 7) is 3.71. The van der Waals surface area contributed by atoms with Gasteiger partial charge in [0.25, 0.3) is 0 Å². The first-order chi connectivity index (χ1) is 7.58. The molecule has 0 saturated heterocycles. The van der Waals surface area contributed by atoms with Crippen LogP contribution in [-0.2, 0) is 32.7 Å². The summed E-state index contributed by atoms with van der Waals surface area (Å²) in [5.74, 6) is -1.04. The van der Waals surface area contributed by atoms with Gasteiger partial charge in [-0.15, -0.1) is 5.56 Å². The largest absolute Gasteiger partial charge is 0.508 e. The molecule has 1 N–H and O–H groups in total. The molecule has 0 unspecified atom stereocenters. The van der Waals surface area contributed by atoms with Gasteiger partial charge < -0.3 is 5.11 Å². The normalized spacial score (nSPS) is 9.76. The number of phenolic OH excluding ortho intramolecular Hbond substituents is 1. The van der Waals surface area contributed by atoms with Gasteiger partial charge in [-0.3, -0.25) is 0 Å². The Morgan fingerprint density at radius 3 is 2.06 bits per heavy atom. The number of aromatic hydroxyl groups is 1. The number of hydrogen-bond donors (Lipinski definition) is 1. The Kier molecular flexibility index (Phi) is 4.66. The van der Waals surface area contributed by atoms with Crippen LogP contribution in [0.25, 0.3) is 11.1 Å². The maximum absolute atomic E-state index is 13.1. The van der Waals surface area contributed by atoms with E-state index in [-0.39, 0.29) is 44.0 Å². The smallest absolute Gasteiger partial charge is 0.123 e. The van der Waals surface area contributed by atoms with E-state index in [4.69, 9.17) is 0 Å². The van der Waals surface area contributed by atoms with E-state index >= 15 is 0 Å². The minimum Gasteiger partial charge on any atom is -0.508 e. The van der Waals surface area contributed by atoms with Crippen LogP contribution in [0, 0.1) is 18.6 Å². The minimum absolute atomic E-state index is 0. The number of rotatable bonds is 1. The summed E-state index contributed by atoms with van der Waals surface area (Å²) in [6, 6.07) is 7.49. The average Bonchev–Trinajstić information content (AvgIpc) is 2.25. The first kappa shape index (κ1) is 14.1. The van der Waals surface area contributed by atoms with Crippen LogP contribution in [0.5, 0.6) is 5.75 Å². The van der Waals surface area contributed by atoms with Crippen LogP contribution >= 0.6 is 0 Å². The summed E-state index contributed by atoms with van der Waals surface area (Å²) < 4.78 is 26.1. The van der Waals surface area contributed by atoms with Gasteiger partial charge in [0.15, 0.2) is 0 Å². The van der Waals surface area contributed by atoms with Crippen molar-refractivity contribution in [3.63, 3.8) is 0 Å². The Hall–Kier alpha value is -0.926. The quantitative estimate of drug-likeness (QED) is 0.799. The summed E-state index contributed by atoms with van der Waals surface area (Å²) in [5, 5.41) is 9.59. The summed E-state index contributed by atoms with van der Waals surface area (Å²) in [6.07, 6.45) is 0. The third-order valence-corrected chi connectivity index (χ3v) is 2.32. The van der Waals surface area contributed by atoms with E-state index in [1.54, 1.807) is 0 Å². The standard InChI is InChI=1S/C13H9F2O.Y/c1-8-2-3-9(14)6-11(8)12-7-10(15)4-5-13(12)16;/h2-7,16H,1H2;/q-1;. The van der Waals surface area contributed by atoms with Gasteiger partial charge in [0.1, 0.15) is 11.6 Å². The molecule has 2 aromatic carbocycles. The summed E-state index contributed by atoms with van der Waals surface area (Å²) in [4.78, 5) is 0. The SMILES string of the molecule is [CH2-]c1ccc(F)cc1-c1cc(F)ccc1O.[Y]. The predicted molar refractivity (Wildman–Crippen MR) is 57.9 cm³/mol. The van der Waals surface area contributed by atoms with Gasteiger partial charge in [-0.2, -0.15) is 18.6 Å². The van der Waals surface area contributed by atoms with Crippen LogP contribution in [0.3, 0.4) is 0 Å².